The van der Waals surface area contributed by atoms with Crippen molar-refractivity contribution in [1.82, 2.24) is 24.9 Å². The number of morpholine rings is 1. The number of likely N-dealkylation sites (tertiary alicyclic amines) is 1. The summed E-state index contributed by atoms with van der Waals surface area (Å²) in [4.78, 5) is 17.4. The number of nitrogens with zero attached hydrogens (tertiary/aromatic N) is 4. The van der Waals surface area contributed by atoms with E-state index in [4.69, 9.17) is 4.74 Å². The van der Waals surface area contributed by atoms with Gasteiger partial charge in [0.25, 0.3) is 0 Å². The molecule has 1 aromatic rings. The topological polar surface area (TPSA) is 62.6 Å². The molecular weight excluding hydrogens is 294 g/mol. The summed E-state index contributed by atoms with van der Waals surface area (Å²) in [5.74, 6) is 0.631. The van der Waals surface area contributed by atoms with Crippen LogP contribution in [0.5, 0.6) is 0 Å². The standard InChI is InChI=1S/C16H27N5O2/c1-12-9-21(11-14(12)20-4-6-23-7-5-20)16(22)15(17-2)13-8-18-19(3)10-13/h8,10,12,14-15,17H,4-7,9,11H2,1-3H3. The molecule has 2 fully saturated rings. The number of rotatable bonds is 4. The summed E-state index contributed by atoms with van der Waals surface area (Å²) in [6, 6.07) is 0.119. The number of hydrogen-bond acceptors (Lipinski definition) is 5. The van der Waals surface area contributed by atoms with Crippen molar-refractivity contribution in [3.05, 3.63) is 18.0 Å². The molecule has 128 valence electrons. The van der Waals surface area contributed by atoms with Gasteiger partial charge in [-0.3, -0.25) is 14.4 Å². The molecule has 2 aliphatic heterocycles. The lowest BCUT2D eigenvalue weighted by molar-refractivity contribution is -0.132. The first kappa shape index (κ1) is 16.4. The fraction of sp³-hybridized carbons (Fsp3) is 0.750. The molecule has 1 N–H and O–H groups in total. The first-order chi connectivity index (χ1) is 11.1. The molecule has 0 saturated carbocycles. The predicted octanol–water partition coefficient (Wildman–Crippen LogP) is -0.140. The quantitative estimate of drug-likeness (QED) is 0.836. The van der Waals surface area contributed by atoms with E-state index in [2.05, 4.69) is 22.2 Å². The summed E-state index contributed by atoms with van der Waals surface area (Å²) < 4.78 is 7.18. The maximum atomic E-state index is 12.9. The van der Waals surface area contributed by atoms with Crippen LogP contribution in [0.2, 0.25) is 0 Å². The minimum atomic E-state index is -0.320. The maximum absolute atomic E-state index is 12.9. The van der Waals surface area contributed by atoms with Gasteiger partial charge >= 0.3 is 0 Å². The van der Waals surface area contributed by atoms with Crippen LogP contribution in [0.25, 0.3) is 0 Å². The number of aromatic nitrogens is 2. The Kier molecular flexibility index (Phi) is 4.99. The van der Waals surface area contributed by atoms with E-state index >= 15 is 0 Å². The molecule has 0 spiro atoms. The fourth-order valence-electron chi connectivity index (χ4n) is 3.72. The van der Waals surface area contributed by atoms with Crippen LogP contribution in [-0.2, 0) is 16.6 Å². The smallest absolute Gasteiger partial charge is 0.244 e. The number of nitrogens with one attached hydrogen (secondary N) is 1. The van der Waals surface area contributed by atoms with Gasteiger partial charge in [0.05, 0.1) is 19.4 Å². The van der Waals surface area contributed by atoms with Crippen LogP contribution in [-0.4, -0.2) is 78.0 Å². The van der Waals surface area contributed by atoms with Gasteiger partial charge in [0.1, 0.15) is 6.04 Å². The number of carbonyl (C=O) groups excluding carboxylic acids is 1. The number of ether oxygens (including phenoxy) is 1. The second-order valence-electron chi connectivity index (χ2n) is 6.61. The Balaban J connectivity index is 1.67. The zero-order chi connectivity index (χ0) is 16.4. The van der Waals surface area contributed by atoms with Crippen molar-refractivity contribution >= 4 is 5.91 Å². The molecule has 1 amide bonds. The van der Waals surface area contributed by atoms with E-state index < -0.39 is 0 Å². The lowest BCUT2D eigenvalue weighted by Gasteiger charge is -2.34. The van der Waals surface area contributed by atoms with Gasteiger partial charge in [-0.15, -0.1) is 0 Å². The minimum Gasteiger partial charge on any atom is -0.379 e. The third-order valence-corrected chi connectivity index (χ3v) is 4.99. The van der Waals surface area contributed by atoms with Gasteiger partial charge in [0.2, 0.25) is 5.91 Å². The number of aryl methyl sites for hydroxylation is 1. The van der Waals surface area contributed by atoms with E-state index in [9.17, 15) is 4.79 Å². The molecule has 3 atom stereocenters. The lowest BCUT2D eigenvalue weighted by Crippen LogP contribution is -2.47. The molecule has 0 aromatic carbocycles. The molecule has 0 radical (unpaired) electrons. The van der Waals surface area contributed by atoms with Crippen molar-refractivity contribution in [3.63, 3.8) is 0 Å². The molecule has 3 heterocycles. The highest BCUT2D eigenvalue weighted by molar-refractivity contribution is 5.83. The number of likely N-dealkylation sites (N-methyl/N-ethyl adjacent to an activating group) is 1. The van der Waals surface area contributed by atoms with Crippen LogP contribution < -0.4 is 5.32 Å². The molecule has 0 bridgehead atoms. The number of hydrogen-bond donors (Lipinski definition) is 1. The van der Waals surface area contributed by atoms with Crippen LogP contribution in [0.1, 0.15) is 18.5 Å². The summed E-state index contributed by atoms with van der Waals surface area (Å²) in [6.45, 7) is 7.39. The van der Waals surface area contributed by atoms with Crippen molar-refractivity contribution in [2.45, 2.75) is 19.0 Å². The largest absolute Gasteiger partial charge is 0.379 e. The van der Waals surface area contributed by atoms with Crippen molar-refractivity contribution in [3.8, 4) is 0 Å². The summed E-state index contributed by atoms with van der Waals surface area (Å²) >= 11 is 0. The average molecular weight is 321 g/mol. The first-order valence-electron chi connectivity index (χ1n) is 8.36. The van der Waals surface area contributed by atoms with E-state index in [1.807, 2.05) is 25.2 Å². The second-order valence-corrected chi connectivity index (χ2v) is 6.61. The normalized spacial score (nSPS) is 27.3. The van der Waals surface area contributed by atoms with Crippen LogP contribution in [0.3, 0.4) is 0 Å². The second kappa shape index (κ2) is 6.98. The summed E-state index contributed by atoms with van der Waals surface area (Å²) in [5, 5.41) is 7.32. The van der Waals surface area contributed by atoms with Gasteiger partial charge in [-0.2, -0.15) is 5.10 Å². The Morgan fingerprint density at radius 3 is 2.74 bits per heavy atom. The molecule has 0 aliphatic carbocycles. The molecule has 2 saturated heterocycles. The molecular formula is C16H27N5O2. The molecule has 1 aromatic heterocycles. The van der Waals surface area contributed by atoms with E-state index in [-0.39, 0.29) is 11.9 Å². The highest BCUT2D eigenvalue weighted by Gasteiger charge is 2.38. The maximum Gasteiger partial charge on any atom is 0.244 e. The Labute approximate surface area is 137 Å². The van der Waals surface area contributed by atoms with E-state index in [1.54, 1.807) is 10.9 Å². The fourth-order valence-corrected chi connectivity index (χ4v) is 3.72. The Hall–Kier alpha value is -1.44. The van der Waals surface area contributed by atoms with Gasteiger partial charge in [-0.1, -0.05) is 6.92 Å². The zero-order valence-corrected chi connectivity index (χ0v) is 14.2. The number of amides is 1. The highest BCUT2D eigenvalue weighted by atomic mass is 16.5. The molecule has 3 unspecified atom stereocenters. The van der Waals surface area contributed by atoms with Gasteiger partial charge in [-0.05, 0) is 13.0 Å². The van der Waals surface area contributed by atoms with E-state index in [0.29, 0.717) is 12.0 Å². The molecule has 7 nitrogen and oxygen atoms in total. The van der Waals surface area contributed by atoms with Gasteiger partial charge in [0, 0.05) is 51.0 Å². The zero-order valence-electron chi connectivity index (χ0n) is 14.2. The SMILES string of the molecule is CNC(C(=O)N1CC(C)C(N2CCOCC2)C1)c1cnn(C)c1. The Bertz CT molecular complexity index is 540. The van der Waals surface area contributed by atoms with Crippen molar-refractivity contribution < 1.29 is 9.53 Å². The first-order valence-corrected chi connectivity index (χ1v) is 8.36. The number of carbonyl (C=O) groups is 1. The molecule has 7 heteroatoms. The van der Waals surface area contributed by atoms with E-state index in [0.717, 1.165) is 45.0 Å². The van der Waals surface area contributed by atoms with Crippen LogP contribution in [0, 0.1) is 5.92 Å². The Morgan fingerprint density at radius 2 is 2.13 bits per heavy atom. The van der Waals surface area contributed by atoms with Gasteiger partial charge in [0.15, 0.2) is 0 Å². The summed E-state index contributed by atoms with van der Waals surface area (Å²) in [5.41, 5.74) is 0.919. The summed E-state index contributed by atoms with van der Waals surface area (Å²) in [6.07, 6.45) is 3.66. The Morgan fingerprint density at radius 1 is 1.39 bits per heavy atom. The van der Waals surface area contributed by atoms with Crippen LogP contribution in [0.15, 0.2) is 12.4 Å². The summed E-state index contributed by atoms with van der Waals surface area (Å²) in [7, 11) is 3.70. The highest BCUT2D eigenvalue weighted by Crippen LogP contribution is 2.25. The third kappa shape index (κ3) is 3.41. The molecule has 2 aliphatic rings. The molecule has 3 rings (SSSR count). The minimum absolute atomic E-state index is 0.142. The molecule has 23 heavy (non-hydrogen) atoms. The van der Waals surface area contributed by atoms with Gasteiger partial charge in [-0.25, -0.2) is 0 Å². The van der Waals surface area contributed by atoms with Crippen molar-refractivity contribution in [1.29, 1.82) is 0 Å². The third-order valence-electron chi connectivity index (χ3n) is 4.99. The van der Waals surface area contributed by atoms with Crippen molar-refractivity contribution in [2.75, 3.05) is 46.4 Å². The van der Waals surface area contributed by atoms with Crippen LogP contribution >= 0.6 is 0 Å². The predicted molar refractivity (Wildman–Crippen MR) is 86.9 cm³/mol. The van der Waals surface area contributed by atoms with Gasteiger partial charge < -0.3 is 15.0 Å². The average Bonchev–Trinajstić information content (AvgIpc) is 3.15. The van der Waals surface area contributed by atoms with Crippen LogP contribution in [0.4, 0.5) is 0 Å². The van der Waals surface area contributed by atoms with Crippen molar-refractivity contribution in [2.24, 2.45) is 13.0 Å². The van der Waals surface area contributed by atoms with E-state index in [1.165, 1.54) is 0 Å². The monoisotopic (exact) mass is 321 g/mol. The lowest BCUT2D eigenvalue weighted by atomic mass is 10.0.